The van der Waals surface area contributed by atoms with Crippen molar-refractivity contribution in [3.05, 3.63) is 144 Å². The van der Waals surface area contributed by atoms with Crippen LogP contribution in [0.3, 0.4) is 0 Å². The molecule has 0 fully saturated rings. The molecule has 0 amide bonds. The summed E-state index contributed by atoms with van der Waals surface area (Å²) in [6.45, 7) is 0.543. The van der Waals surface area contributed by atoms with Crippen LogP contribution in [0.1, 0.15) is 40.9 Å². The first-order valence-corrected chi connectivity index (χ1v) is 12.7. The van der Waals surface area contributed by atoms with Crippen molar-refractivity contribution in [2.24, 2.45) is 5.10 Å². The molecule has 0 radical (unpaired) electrons. The van der Waals surface area contributed by atoms with Crippen molar-refractivity contribution in [1.29, 1.82) is 0 Å². The molecule has 7 rings (SSSR count). The quantitative estimate of drug-likeness (QED) is 0.258. The van der Waals surface area contributed by atoms with E-state index in [1.54, 1.807) is 0 Å². The van der Waals surface area contributed by atoms with Crippen LogP contribution in [0.5, 0.6) is 11.5 Å². The fourth-order valence-corrected chi connectivity index (χ4v) is 5.27. The normalized spacial score (nSPS) is 18.1. The van der Waals surface area contributed by atoms with Gasteiger partial charge in [-0.25, -0.2) is 5.01 Å². The van der Waals surface area contributed by atoms with E-state index in [1.165, 1.54) is 16.3 Å². The van der Waals surface area contributed by atoms with Crippen LogP contribution in [0, 0.1) is 0 Å². The van der Waals surface area contributed by atoms with E-state index in [9.17, 15) is 0 Å². The average molecular weight is 483 g/mol. The molecular weight excluding hydrogens is 456 g/mol. The molecule has 2 aliphatic rings. The summed E-state index contributed by atoms with van der Waals surface area (Å²) in [5.74, 6) is 1.76. The number of benzene rings is 5. The minimum absolute atomic E-state index is 0.130. The Balaban J connectivity index is 1.19. The van der Waals surface area contributed by atoms with Gasteiger partial charge in [-0.2, -0.15) is 5.10 Å². The highest BCUT2D eigenvalue weighted by Gasteiger charge is 2.40. The maximum absolute atomic E-state index is 6.53. The molecule has 0 saturated carbocycles. The molecule has 2 heterocycles. The summed E-state index contributed by atoms with van der Waals surface area (Å²) in [6.07, 6.45) is 0.536. The topological polar surface area (TPSA) is 34.1 Å². The van der Waals surface area contributed by atoms with Gasteiger partial charge in [-0.1, -0.05) is 84.9 Å². The van der Waals surface area contributed by atoms with E-state index < -0.39 is 0 Å². The van der Waals surface area contributed by atoms with Crippen LogP contribution in [0.2, 0.25) is 0 Å². The molecule has 2 atom stereocenters. The second-order valence-corrected chi connectivity index (χ2v) is 9.56. The monoisotopic (exact) mass is 482 g/mol. The Morgan fingerprint density at radius 2 is 1.51 bits per heavy atom. The Labute approximate surface area is 216 Å². The summed E-state index contributed by atoms with van der Waals surface area (Å²) in [6, 6.07) is 41.9. The first-order chi connectivity index (χ1) is 18.3. The number of hydrogen-bond acceptors (Lipinski definition) is 4. The van der Waals surface area contributed by atoms with Gasteiger partial charge in [0.15, 0.2) is 0 Å². The molecule has 0 saturated heterocycles. The van der Waals surface area contributed by atoms with Gasteiger partial charge in [0.05, 0.1) is 11.8 Å². The van der Waals surface area contributed by atoms with Gasteiger partial charge in [-0.05, 0) is 58.3 Å². The lowest BCUT2D eigenvalue weighted by atomic mass is 9.95. The van der Waals surface area contributed by atoms with Crippen molar-refractivity contribution >= 4 is 16.5 Å². The minimum atomic E-state index is -0.305. The van der Waals surface area contributed by atoms with Gasteiger partial charge in [0.1, 0.15) is 18.1 Å². The molecule has 4 nitrogen and oxygen atoms in total. The van der Waals surface area contributed by atoms with Gasteiger partial charge in [0.2, 0.25) is 6.23 Å². The summed E-state index contributed by atoms with van der Waals surface area (Å²) in [7, 11) is 0. The number of rotatable bonds is 5. The molecule has 180 valence electrons. The SMILES string of the molecule is c1ccc(COc2ccc([C@H]3Oc4ccccc4[C@H]4CC(c5ccc6ccccc6c5)=NN43)cc2)cc1. The molecule has 2 aliphatic heterocycles. The zero-order valence-electron chi connectivity index (χ0n) is 20.3. The molecule has 5 aromatic rings. The third kappa shape index (κ3) is 4.11. The summed E-state index contributed by atoms with van der Waals surface area (Å²) in [5.41, 5.74) is 5.63. The molecule has 4 heteroatoms. The largest absolute Gasteiger partial charge is 0.489 e. The minimum Gasteiger partial charge on any atom is -0.489 e. The highest BCUT2D eigenvalue weighted by atomic mass is 16.5. The molecule has 0 aliphatic carbocycles. The van der Waals surface area contributed by atoms with Crippen molar-refractivity contribution in [1.82, 2.24) is 5.01 Å². The number of para-hydroxylation sites is 1. The van der Waals surface area contributed by atoms with Crippen LogP contribution in [0.25, 0.3) is 10.8 Å². The van der Waals surface area contributed by atoms with E-state index in [0.29, 0.717) is 6.61 Å². The standard InChI is InChI=1S/C33H26N2O2/c1-2-8-23(9-3-1)22-36-28-18-16-25(17-19-28)33-35-31(29-12-6-7-13-32(29)37-33)21-30(34-35)27-15-14-24-10-4-5-11-26(24)20-27/h1-20,31,33H,21-22H2/t31-,33-/m1/s1. The van der Waals surface area contributed by atoms with Crippen LogP contribution < -0.4 is 9.47 Å². The van der Waals surface area contributed by atoms with Crippen LogP contribution in [-0.2, 0) is 6.61 Å². The highest BCUT2D eigenvalue weighted by Crippen LogP contribution is 2.47. The molecule has 5 aromatic carbocycles. The molecule has 0 bridgehead atoms. The maximum atomic E-state index is 6.53. The predicted octanol–water partition coefficient (Wildman–Crippen LogP) is 7.66. The Hall–Kier alpha value is -4.57. The average Bonchev–Trinajstić information content (AvgIpc) is 3.42. The third-order valence-electron chi connectivity index (χ3n) is 7.20. The lowest BCUT2D eigenvalue weighted by Crippen LogP contribution is -2.33. The first kappa shape index (κ1) is 21.7. The first-order valence-electron chi connectivity index (χ1n) is 12.7. The number of fused-ring (bicyclic) bond motifs is 4. The van der Waals surface area contributed by atoms with Gasteiger partial charge in [-0.15, -0.1) is 0 Å². The van der Waals surface area contributed by atoms with Crippen molar-refractivity contribution in [3.63, 3.8) is 0 Å². The van der Waals surface area contributed by atoms with Gasteiger partial charge in [0, 0.05) is 17.5 Å². The number of ether oxygens (including phenoxy) is 2. The van der Waals surface area contributed by atoms with E-state index in [4.69, 9.17) is 14.6 Å². The fraction of sp³-hybridized carbons (Fsp3) is 0.121. The highest BCUT2D eigenvalue weighted by molar-refractivity contribution is 6.04. The van der Waals surface area contributed by atoms with E-state index >= 15 is 0 Å². The molecule has 0 N–H and O–H groups in total. The lowest BCUT2D eigenvalue weighted by molar-refractivity contribution is -0.0190. The second-order valence-electron chi connectivity index (χ2n) is 9.56. The number of hydrazone groups is 1. The van der Waals surface area contributed by atoms with Crippen LogP contribution in [0.4, 0.5) is 0 Å². The Kier molecular flexibility index (Phi) is 5.36. The Bertz CT molecular complexity index is 1590. The molecule has 0 aromatic heterocycles. The van der Waals surface area contributed by atoms with Crippen LogP contribution >= 0.6 is 0 Å². The van der Waals surface area contributed by atoms with Gasteiger partial charge in [0.25, 0.3) is 0 Å². The van der Waals surface area contributed by atoms with Crippen LogP contribution in [0.15, 0.2) is 126 Å². The zero-order valence-corrected chi connectivity index (χ0v) is 20.3. The molecule has 0 spiro atoms. The molecule has 37 heavy (non-hydrogen) atoms. The van der Waals surface area contributed by atoms with Gasteiger partial charge >= 0.3 is 0 Å². The van der Waals surface area contributed by atoms with E-state index in [-0.39, 0.29) is 12.3 Å². The third-order valence-corrected chi connectivity index (χ3v) is 7.20. The van der Waals surface area contributed by atoms with Crippen molar-refractivity contribution in [3.8, 4) is 11.5 Å². The smallest absolute Gasteiger partial charge is 0.213 e. The van der Waals surface area contributed by atoms with E-state index in [2.05, 4.69) is 89.9 Å². The maximum Gasteiger partial charge on any atom is 0.213 e. The number of hydrogen-bond donors (Lipinski definition) is 0. The summed E-state index contributed by atoms with van der Waals surface area (Å²) < 4.78 is 12.5. The van der Waals surface area contributed by atoms with Gasteiger partial charge in [-0.3, -0.25) is 0 Å². The number of nitrogens with zero attached hydrogens (tertiary/aromatic N) is 2. The van der Waals surface area contributed by atoms with Crippen molar-refractivity contribution in [2.75, 3.05) is 0 Å². The summed E-state index contributed by atoms with van der Waals surface area (Å²) in [5, 5.41) is 9.74. The van der Waals surface area contributed by atoms with Gasteiger partial charge < -0.3 is 9.47 Å². The molecular formula is C33H26N2O2. The van der Waals surface area contributed by atoms with Crippen molar-refractivity contribution < 1.29 is 9.47 Å². The summed E-state index contributed by atoms with van der Waals surface area (Å²) in [4.78, 5) is 0. The fourth-order valence-electron chi connectivity index (χ4n) is 5.27. The zero-order chi connectivity index (χ0) is 24.6. The molecule has 0 unspecified atom stereocenters. The van der Waals surface area contributed by atoms with Crippen LogP contribution in [-0.4, -0.2) is 10.7 Å². The second kappa shape index (κ2) is 9.14. The summed E-state index contributed by atoms with van der Waals surface area (Å²) >= 11 is 0. The lowest BCUT2D eigenvalue weighted by Gasteiger charge is -2.38. The Morgan fingerprint density at radius 1 is 0.757 bits per heavy atom. The van der Waals surface area contributed by atoms with Crippen molar-refractivity contribution in [2.45, 2.75) is 25.3 Å². The predicted molar refractivity (Wildman–Crippen MR) is 147 cm³/mol. The van der Waals surface area contributed by atoms with E-state index in [0.717, 1.165) is 40.3 Å². The van der Waals surface area contributed by atoms with E-state index in [1.807, 2.05) is 36.4 Å². The Morgan fingerprint density at radius 3 is 2.38 bits per heavy atom.